The molecule has 7 heteroatoms. The molecule has 34 heavy (non-hydrogen) atoms. The van der Waals surface area contributed by atoms with Crippen LogP contribution in [0.4, 0.5) is 0 Å². The molecular formula is C27H31N3O3S. The Bertz CT molecular complexity index is 1440. The van der Waals surface area contributed by atoms with Gasteiger partial charge in [0.1, 0.15) is 11.4 Å². The molecule has 0 radical (unpaired) electrons. The van der Waals surface area contributed by atoms with Crippen molar-refractivity contribution in [2.75, 3.05) is 25.4 Å². The van der Waals surface area contributed by atoms with Crippen LogP contribution in [0.2, 0.25) is 0 Å². The highest BCUT2D eigenvalue weighted by molar-refractivity contribution is 7.91. The maximum atomic E-state index is 12.5. The SMILES string of the molecule is CCc1cnc2[nH]c3c(OCC4CCNCC4)ccc(-c4cccc(S(=O)(=O)CC)c4)c3c2c1. The third-order valence-electron chi connectivity index (χ3n) is 6.85. The molecule has 0 unspecified atom stereocenters. The zero-order chi connectivity index (χ0) is 23.7. The first-order valence-electron chi connectivity index (χ1n) is 12.1. The van der Waals surface area contributed by atoms with Crippen molar-refractivity contribution in [2.24, 2.45) is 5.92 Å². The Morgan fingerprint density at radius 2 is 1.91 bits per heavy atom. The monoisotopic (exact) mass is 477 g/mol. The molecule has 0 aliphatic carbocycles. The van der Waals surface area contributed by atoms with Gasteiger partial charge in [-0.2, -0.15) is 0 Å². The average molecular weight is 478 g/mol. The number of rotatable bonds is 7. The molecule has 2 aromatic carbocycles. The van der Waals surface area contributed by atoms with Crippen LogP contribution in [0.5, 0.6) is 5.75 Å². The van der Waals surface area contributed by atoms with Gasteiger partial charge < -0.3 is 15.0 Å². The molecule has 0 amide bonds. The molecule has 1 aliphatic heterocycles. The van der Waals surface area contributed by atoms with E-state index < -0.39 is 9.84 Å². The van der Waals surface area contributed by atoms with Gasteiger partial charge in [0.25, 0.3) is 0 Å². The lowest BCUT2D eigenvalue weighted by atomic mass is 9.98. The first kappa shape index (κ1) is 22.9. The molecule has 2 N–H and O–H groups in total. The minimum atomic E-state index is -3.30. The van der Waals surface area contributed by atoms with Gasteiger partial charge >= 0.3 is 0 Å². The third kappa shape index (κ3) is 4.30. The number of piperidine rings is 1. The minimum absolute atomic E-state index is 0.0756. The standard InChI is InChI=1S/C27H31N3O3S/c1-3-18-14-23-25-22(20-6-5-7-21(15-20)34(31,32)4-2)8-9-24(26(25)30-27(23)29-16-18)33-17-19-10-12-28-13-11-19/h5-9,14-16,19,28H,3-4,10-13,17H2,1-2H3,(H,29,30). The number of aryl methyl sites for hydroxylation is 1. The van der Waals surface area contributed by atoms with Gasteiger partial charge in [-0.3, -0.25) is 0 Å². The second kappa shape index (κ2) is 9.39. The Morgan fingerprint density at radius 3 is 2.68 bits per heavy atom. The predicted octanol–water partition coefficient (Wildman–Crippen LogP) is 5.12. The first-order valence-corrected chi connectivity index (χ1v) is 13.8. The number of aromatic amines is 1. The molecule has 6 nitrogen and oxygen atoms in total. The summed E-state index contributed by atoms with van der Waals surface area (Å²) in [4.78, 5) is 8.50. The zero-order valence-electron chi connectivity index (χ0n) is 19.7. The Labute approximate surface area is 200 Å². The summed E-state index contributed by atoms with van der Waals surface area (Å²) in [6.45, 7) is 6.55. The minimum Gasteiger partial charge on any atom is -0.491 e. The molecule has 3 heterocycles. The predicted molar refractivity (Wildman–Crippen MR) is 137 cm³/mol. The van der Waals surface area contributed by atoms with Gasteiger partial charge in [0, 0.05) is 17.0 Å². The number of sulfone groups is 1. The Morgan fingerprint density at radius 1 is 1.09 bits per heavy atom. The maximum Gasteiger partial charge on any atom is 0.178 e. The number of benzene rings is 2. The van der Waals surface area contributed by atoms with E-state index in [0.717, 1.165) is 76.7 Å². The van der Waals surface area contributed by atoms with Crippen LogP contribution < -0.4 is 10.1 Å². The van der Waals surface area contributed by atoms with Crippen LogP contribution in [0.15, 0.2) is 53.6 Å². The molecule has 2 aromatic heterocycles. The summed E-state index contributed by atoms with van der Waals surface area (Å²) in [6, 6.07) is 13.4. The molecule has 1 aliphatic rings. The number of hydrogen-bond donors (Lipinski definition) is 2. The van der Waals surface area contributed by atoms with E-state index in [0.29, 0.717) is 17.4 Å². The van der Waals surface area contributed by atoms with Crippen molar-refractivity contribution in [1.82, 2.24) is 15.3 Å². The van der Waals surface area contributed by atoms with Crippen molar-refractivity contribution in [3.63, 3.8) is 0 Å². The fraction of sp³-hybridized carbons (Fsp3) is 0.370. The lowest BCUT2D eigenvalue weighted by molar-refractivity contribution is 0.217. The molecular weight excluding hydrogens is 446 g/mol. The molecule has 0 atom stereocenters. The van der Waals surface area contributed by atoms with Crippen LogP contribution in [0.25, 0.3) is 33.1 Å². The lowest BCUT2D eigenvalue weighted by Gasteiger charge is -2.23. The van der Waals surface area contributed by atoms with E-state index in [4.69, 9.17) is 4.74 Å². The van der Waals surface area contributed by atoms with E-state index in [9.17, 15) is 8.42 Å². The maximum absolute atomic E-state index is 12.5. The van der Waals surface area contributed by atoms with E-state index in [1.807, 2.05) is 30.5 Å². The van der Waals surface area contributed by atoms with Crippen LogP contribution in [0.3, 0.4) is 0 Å². The normalized spacial score (nSPS) is 15.2. The average Bonchev–Trinajstić information content (AvgIpc) is 3.27. The number of fused-ring (bicyclic) bond motifs is 3. The quantitative estimate of drug-likeness (QED) is 0.386. The van der Waals surface area contributed by atoms with Crippen LogP contribution in [0, 0.1) is 5.92 Å². The van der Waals surface area contributed by atoms with Crippen LogP contribution >= 0.6 is 0 Å². The molecule has 4 aromatic rings. The summed E-state index contributed by atoms with van der Waals surface area (Å²) < 4.78 is 31.4. The van der Waals surface area contributed by atoms with Crippen molar-refractivity contribution < 1.29 is 13.2 Å². The fourth-order valence-electron chi connectivity index (χ4n) is 4.74. The van der Waals surface area contributed by atoms with Gasteiger partial charge in [-0.25, -0.2) is 13.4 Å². The summed E-state index contributed by atoms with van der Waals surface area (Å²) in [5.74, 6) is 1.43. The fourth-order valence-corrected chi connectivity index (χ4v) is 5.66. The van der Waals surface area contributed by atoms with Crippen LogP contribution in [-0.2, 0) is 16.3 Å². The molecule has 0 spiro atoms. The van der Waals surface area contributed by atoms with Crippen molar-refractivity contribution in [2.45, 2.75) is 38.0 Å². The molecule has 0 saturated carbocycles. The largest absolute Gasteiger partial charge is 0.491 e. The van der Waals surface area contributed by atoms with E-state index in [1.165, 1.54) is 0 Å². The number of nitrogens with one attached hydrogen (secondary N) is 2. The summed E-state index contributed by atoms with van der Waals surface area (Å²) in [5.41, 5.74) is 4.71. The van der Waals surface area contributed by atoms with E-state index in [-0.39, 0.29) is 5.75 Å². The number of hydrogen-bond acceptors (Lipinski definition) is 5. The Balaban J connectivity index is 1.66. The zero-order valence-corrected chi connectivity index (χ0v) is 20.5. The Kier molecular flexibility index (Phi) is 6.32. The Hall–Kier alpha value is -2.90. The summed E-state index contributed by atoms with van der Waals surface area (Å²) in [6.07, 6.45) is 5.03. The van der Waals surface area contributed by atoms with Crippen molar-refractivity contribution in [3.05, 3.63) is 54.2 Å². The van der Waals surface area contributed by atoms with Crippen molar-refractivity contribution in [3.8, 4) is 16.9 Å². The van der Waals surface area contributed by atoms with Crippen LogP contribution in [0.1, 0.15) is 32.3 Å². The topological polar surface area (TPSA) is 84.1 Å². The second-order valence-corrected chi connectivity index (χ2v) is 11.3. The first-order chi connectivity index (χ1) is 16.5. The van der Waals surface area contributed by atoms with Crippen molar-refractivity contribution in [1.29, 1.82) is 0 Å². The van der Waals surface area contributed by atoms with Gasteiger partial charge in [-0.1, -0.05) is 26.0 Å². The number of nitrogens with zero attached hydrogens (tertiary/aromatic N) is 1. The lowest BCUT2D eigenvalue weighted by Crippen LogP contribution is -2.30. The van der Waals surface area contributed by atoms with E-state index in [1.54, 1.807) is 19.1 Å². The number of aromatic nitrogens is 2. The van der Waals surface area contributed by atoms with Gasteiger partial charge in [0.2, 0.25) is 0 Å². The van der Waals surface area contributed by atoms with Gasteiger partial charge in [0.15, 0.2) is 9.84 Å². The highest BCUT2D eigenvalue weighted by atomic mass is 32.2. The van der Waals surface area contributed by atoms with E-state index >= 15 is 0 Å². The molecule has 5 rings (SSSR count). The number of ether oxygens (including phenoxy) is 1. The highest BCUT2D eigenvalue weighted by Crippen LogP contribution is 2.39. The molecule has 0 bridgehead atoms. The highest BCUT2D eigenvalue weighted by Gasteiger charge is 2.20. The van der Waals surface area contributed by atoms with Gasteiger partial charge in [0.05, 0.1) is 22.8 Å². The molecule has 178 valence electrons. The number of H-pyrrole nitrogens is 1. The summed E-state index contributed by atoms with van der Waals surface area (Å²) in [7, 11) is -3.30. The molecule has 1 fully saturated rings. The van der Waals surface area contributed by atoms with E-state index in [2.05, 4.69) is 28.3 Å². The van der Waals surface area contributed by atoms with Gasteiger partial charge in [-0.05, 0) is 85.3 Å². The van der Waals surface area contributed by atoms with Crippen LogP contribution in [-0.4, -0.2) is 43.8 Å². The summed E-state index contributed by atoms with van der Waals surface area (Å²) in [5, 5.41) is 5.45. The second-order valence-electron chi connectivity index (χ2n) is 9.02. The van der Waals surface area contributed by atoms with Crippen molar-refractivity contribution >= 4 is 31.8 Å². The third-order valence-corrected chi connectivity index (χ3v) is 8.58. The molecule has 1 saturated heterocycles. The van der Waals surface area contributed by atoms with Gasteiger partial charge in [-0.15, -0.1) is 0 Å². The smallest absolute Gasteiger partial charge is 0.178 e. The number of pyridine rings is 1. The summed E-state index contributed by atoms with van der Waals surface area (Å²) >= 11 is 0.